The van der Waals surface area contributed by atoms with Crippen LogP contribution in [0.1, 0.15) is 23.7 Å². The van der Waals surface area contributed by atoms with E-state index in [0.717, 1.165) is 6.42 Å². The molecule has 3 nitrogen and oxygen atoms in total. The quantitative estimate of drug-likeness (QED) is 0.764. The first kappa shape index (κ1) is 10.2. The molecule has 0 aliphatic heterocycles. The van der Waals surface area contributed by atoms with Crippen molar-refractivity contribution in [2.24, 2.45) is 5.73 Å². The van der Waals surface area contributed by atoms with Gasteiger partial charge in [-0.25, -0.2) is 0 Å². The standard InChI is InChI=1S/C9H14N2OS/c1-2-8(10)5-11-9(12)7-3-4-13-6-7/h3-4,6,8H,2,5,10H2,1H3,(H,11,12). The molecule has 0 spiro atoms. The van der Waals surface area contributed by atoms with Crippen LogP contribution in [0.25, 0.3) is 0 Å². The Morgan fingerprint density at radius 1 is 1.77 bits per heavy atom. The molecule has 1 heterocycles. The SMILES string of the molecule is CCC(N)CNC(=O)c1ccsc1. The second-order valence-corrected chi connectivity index (χ2v) is 3.67. The summed E-state index contributed by atoms with van der Waals surface area (Å²) in [5.41, 5.74) is 6.38. The zero-order valence-electron chi connectivity index (χ0n) is 7.62. The van der Waals surface area contributed by atoms with Gasteiger partial charge in [0.2, 0.25) is 0 Å². The summed E-state index contributed by atoms with van der Waals surface area (Å²) in [5, 5.41) is 6.49. The Morgan fingerprint density at radius 2 is 2.54 bits per heavy atom. The molecule has 1 atom stereocenters. The number of hydrogen-bond acceptors (Lipinski definition) is 3. The summed E-state index contributed by atoms with van der Waals surface area (Å²) in [6, 6.07) is 1.86. The van der Waals surface area contributed by atoms with E-state index in [-0.39, 0.29) is 11.9 Å². The summed E-state index contributed by atoms with van der Waals surface area (Å²) in [5.74, 6) is -0.0369. The zero-order valence-corrected chi connectivity index (χ0v) is 8.43. The van der Waals surface area contributed by atoms with Gasteiger partial charge in [-0.05, 0) is 17.9 Å². The average molecular weight is 198 g/mol. The molecular formula is C9H14N2OS. The topological polar surface area (TPSA) is 55.1 Å². The Kier molecular flexibility index (Phi) is 3.92. The Labute approximate surface area is 81.9 Å². The highest BCUT2D eigenvalue weighted by Gasteiger charge is 2.06. The van der Waals surface area contributed by atoms with Crippen molar-refractivity contribution in [2.45, 2.75) is 19.4 Å². The van der Waals surface area contributed by atoms with Crippen molar-refractivity contribution in [2.75, 3.05) is 6.54 Å². The molecule has 1 rings (SSSR count). The van der Waals surface area contributed by atoms with Gasteiger partial charge in [0, 0.05) is 23.5 Å². The number of nitrogens with one attached hydrogen (secondary N) is 1. The van der Waals surface area contributed by atoms with Gasteiger partial charge < -0.3 is 11.1 Å². The Balaban J connectivity index is 2.35. The lowest BCUT2D eigenvalue weighted by Crippen LogP contribution is -2.36. The molecule has 1 unspecified atom stereocenters. The third kappa shape index (κ3) is 3.16. The van der Waals surface area contributed by atoms with Crippen molar-refractivity contribution < 1.29 is 4.79 Å². The second-order valence-electron chi connectivity index (χ2n) is 2.89. The number of rotatable bonds is 4. The van der Waals surface area contributed by atoms with Gasteiger partial charge in [-0.2, -0.15) is 11.3 Å². The van der Waals surface area contributed by atoms with Gasteiger partial charge >= 0.3 is 0 Å². The van der Waals surface area contributed by atoms with Crippen molar-refractivity contribution in [3.05, 3.63) is 22.4 Å². The zero-order chi connectivity index (χ0) is 9.68. The molecule has 3 N–H and O–H groups in total. The van der Waals surface area contributed by atoms with E-state index in [9.17, 15) is 4.79 Å². The summed E-state index contributed by atoms with van der Waals surface area (Å²) in [6.45, 7) is 2.55. The van der Waals surface area contributed by atoms with Crippen molar-refractivity contribution in [1.29, 1.82) is 0 Å². The number of thiophene rings is 1. The molecule has 13 heavy (non-hydrogen) atoms. The van der Waals surface area contributed by atoms with Crippen molar-refractivity contribution in [3.63, 3.8) is 0 Å². The highest BCUT2D eigenvalue weighted by Crippen LogP contribution is 2.04. The van der Waals surface area contributed by atoms with Crippen LogP contribution in [0.4, 0.5) is 0 Å². The average Bonchev–Trinajstić information content (AvgIpc) is 2.66. The molecule has 0 bridgehead atoms. The van der Waals surface area contributed by atoms with Crippen LogP contribution in [-0.2, 0) is 0 Å². The predicted molar refractivity (Wildman–Crippen MR) is 54.9 cm³/mol. The largest absolute Gasteiger partial charge is 0.350 e. The van der Waals surface area contributed by atoms with Crippen LogP contribution >= 0.6 is 11.3 Å². The Hall–Kier alpha value is -0.870. The normalized spacial score (nSPS) is 12.5. The van der Waals surface area contributed by atoms with Crippen LogP contribution in [0.3, 0.4) is 0 Å². The Morgan fingerprint density at radius 3 is 3.08 bits per heavy atom. The smallest absolute Gasteiger partial charge is 0.252 e. The van der Waals surface area contributed by atoms with Gasteiger partial charge in [-0.1, -0.05) is 6.92 Å². The van der Waals surface area contributed by atoms with E-state index in [1.165, 1.54) is 11.3 Å². The van der Waals surface area contributed by atoms with Crippen LogP contribution < -0.4 is 11.1 Å². The maximum atomic E-state index is 11.4. The molecular weight excluding hydrogens is 184 g/mol. The van der Waals surface area contributed by atoms with Crippen molar-refractivity contribution in [3.8, 4) is 0 Å². The van der Waals surface area contributed by atoms with Crippen LogP contribution in [0, 0.1) is 0 Å². The molecule has 0 fully saturated rings. The fourth-order valence-electron chi connectivity index (χ4n) is 0.864. The lowest BCUT2D eigenvalue weighted by atomic mass is 10.2. The minimum Gasteiger partial charge on any atom is -0.350 e. The Bertz CT molecular complexity index is 259. The number of amides is 1. The van der Waals surface area contributed by atoms with Crippen LogP contribution in [0.2, 0.25) is 0 Å². The van der Waals surface area contributed by atoms with E-state index in [4.69, 9.17) is 5.73 Å². The number of carbonyl (C=O) groups is 1. The molecule has 0 saturated carbocycles. The molecule has 72 valence electrons. The molecule has 0 aliphatic carbocycles. The van der Waals surface area contributed by atoms with Gasteiger partial charge in [0.15, 0.2) is 0 Å². The molecule has 4 heteroatoms. The first-order valence-electron chi connectivity index (χ1n) is 4.30. The van der Waals surface area contributed by atoms with Crippen LogP contribution in [-0.4, -0.2) is 18.5 Å². The van der Waals surface area contributed by atoms with E-state index in [1.807, 2.05) is 17.7 Å². The van der Waals surface area contributed by atoms with Gasteiger partial charge in [-0.3, -0.25) is 4.79 Å². The van der Waals surface area contributed by atoms with E-state index in [1.54, 1.807) is 6.07 Å². The fraction of sp³-hybridized carbons (Fsp3) is 0.444. The molecule has 0 aromatic carbocycles. The maximum Gasteiger partial charge on any atom is 0.252 e. The minimum absolute atomic E-state index is 0.0369. The highest BCUT2D eigenvalue weighted by atomic mass is 32.1. The predicted octanol–water partition coefficient (Wildman–Crippen LogP) is 1.22. The summed E-state index contributed by atoms with van der Waals surface area (Å²) in [6.07, 6.45) is 0.879. The third-order valence-electron chi connectivity index (χ3n) is 1.83. The van der Waals surface area contributed by atoms with E-state index >= 15 is 0 Å². The fourth-order valence-corrected chi connectivity index (χ4v) is 1.50. The van der Waals surface area contributed by atoms with Gasteiger partial charge in [0.25, 0.3) is 5.91 Å². The molecule has 1 aromatic heterocycles. The third-order valence-corrected chi connectivity index (χ3v) is 2.52. The van der Waals surface area contributed by atoms with E-state index < -0.39 is 0 Å². The molecule has 0 aliphatic rings. The lowest BCUT2D eigenvalue weighted by molar-refractivity contribution is 0.0951. The molecule has 1 amide bonds. The first-order chi connectivity index (χ1) is 6.24. The molecule has 0 radical (unpaired) electrons. The summed E-state index contributed by atoms with van der Waals surface area (Å²) in [4.78, 5) is 11.4. The van der Waals surface area contributed by atoms with Crippen LogP contribution in [0.15, 0.2) is 16.8 Å². The number of nitrogens with two attached hydrogens (primary N) is 1. The number of carbonyl (C=O) groups excluding carboxylic acids is 1. The van der Waals surface area contributed by atoms with Gasteiger partial charge in [0.05, 0.1) is 0 Å². The summed E-state index contributed by atoms with van der Waals surface area (Å²) in [7, 11) is 0. The number of hydrogen-bond donors (Lipinski definition) is 2. The minimum atomic E-state index is -0.0369. The van der Waals surface area contributed by atoms with Gasteiger partial charge in [0.1, 0.15) is 0 Å². The monoisotopic (exact) mass is 198 g/mol. The molecule has 1 aromatic rings. The van der Waals surface area contributed by atoms with Crippen molar-refractivity contribution >= 4 is 17.2 Å². The maximum absolute atomic E-state index is 11.4. The van der Waals surface area contributed by atoms with E-state index in [2.05, 4.69) is 5.32 Å². The van der Waals surface area contributed by atoms with Crippen molar-refractivity contribution in [1.82, 2.24) is 5.32 Å². The highest BCUT2D eigenvalue weighted by molar-refractivity contribution is 7.08. The lowest BCUT2D eigenvalue weighted by Gasteiger charge is -2.09. The summed E-state index contributed by atoms with van der Waals surface area (Å²) < 4.78 is 0. The first-order valence-corrected chi connectivity index (χ1v) is 5.24. The van der Waals surface area contributed by atoms with Gasteiger partial charge in [-0.15, -0.1) is 0 Å². The van der Waals surface area contributed by atoms with E-state index in [0.29, 0.717) is 12.1 Å². The molecule has 0 saturated heterocycles. The van der Waals surface area contributed by atoms with Crippen LogP contribution in [0.5, 0.6) is 0 Å². The second kappa shape index (κ2) is 4.99. The summed E-state index contributed by atoms with van der Waals surface area (Å²) >= 11 is 1.52.